The first-order chi connectivity index (χ1) is 12.8. The summed E-state index contributed by atoms with van der Waals surface area (Å²) in [5, 5.41) is 7.17. The van der Waals surface area contributed by atoms with Crippen LogP contribution >= 0.6 is 23.1 Å². The zero-order valence-electron chi connectivity index (χ0n) is 13.7. The lowest BCUT2D eigenvalue weighted by atomic mass is 10.2. The fourth-order valence-electron chi connectivity index (χ4n) is 2.49. The monoisotopic (exact) mass is 382 g/mol. The zero-order chi connectivity index (χ0) is 17.9. The molecule has 8 heteroatoms. The van der Waals surface area contributed by atoms with Gasteiger partial charge in [0.25, 0.3) is 11.4 Å². The standard InChI is InChI=1S/C18H14N4O2S2/c1-2-9-22-17(23)12-6-3-4-7-13(12)19-18(22)26-11-15-20-16(24-21-15)14-8-5-10-25-14/h2-8,10H,1,9,11H2. The van der Waals surface area contributed by atoms with E-state index in [9.17, 15) is 4.79 Å². The minimum Gasteiger partial charge on any atom is -0.333 e. The molecule has 3 heterocycles. The second kappa shape index (κ2) is 7.27. The third-order valence-corrected chi connectivity index (χ3v) is 5.50. The van der Waals surface area contributed by atoms with Gasteiger partial charge in [-0.1, -0.05) is 41.2 Å². The molecule has 1 aromatic carbocycles. The van der Waals surface area contributed by atoms with E-state index in [1.54, 1.807) is 28.0 Å². The third kappa shape index (κ3) is 3.21. The van der Waals surface area contributed by atoms with E-state index in [4.69, 9.17) is 4.52 Å². The molecule has 4 aromatic rings. The minimum atomic E-state index is -0.0783. The largest absolute Gasteiger partial charge is 0.333 e. The van der Waals surface area contributed by atoms with E-state index >= 15 is 0 Å². The van der Waals surface area contributed by atoms with Crippen molar-refractivity contribution < 1.29 is 4.52 Å². The molecule has 0 atom stereocenters. The molecular formula is C18H14N4O2S2. The highest BCUT2D eigenvalue weighted by molar-refractivity contribution is 7.98. The number of rotatable bonds is 6. The molecule has 0 N–H and O–H groups in total. The molecule has 0 unspecified atom stereocenters. The summed E-state index contributed by atoms with van der Waals surface area (Å²) in [5.74, 6) is 1.52. The summed E-state index contributed by atoms with van der Waals surface area (Å²) in [4.78, 5) is 22.7. The molecule has 0 saturated heterocycles. The Hall–Kier alpha value is -2.71. The molecule has 0 fully saturated rings. The maximum absolute atomic E-state index is 12.7. The molecule has 0 amide bonds. The van der Waals surface area contributed by atoms with Crippen molar-refractivity contribution >= 4 is 34.0 Å². The van der Waals surface area contributed by atoms with Gasteiger partial charge in [0, 0.05) is 6.54 Å². The zero-order valence-corrected chi connectivity index (χ0v) is 15.3. The van der Waals surface area contributed by atoms with E-state index in [0.29, 0.717) is 40.1 Å². The maximum atomic E-state index is 12.7. The van der Waals surface area contributed by atoms with Crippen LogP contribution in [0.3, 0.4) is 0 Å². The molecule has 0 aliphatic rings. The number of thioether (sulfide) groups is 1. The highest BCUT2D eigenvalue weighted by Gasteiger charge is 2.14. The van der Waals surface area contributed by atoms with Crippen molar-refractivity contribution in [3.63, 3.8) is 0 Å². The Morgan fingerprint density at radius 1 is 1.23 bits per heavy atom. The molecule has 26 heavy (non-hydrogen) atoms. The quantitative estimate of drug-likeness (QED) is 0.285. The Bertz CT molecular complexity index is 1120. The predicted molar refractivity (Wildman–Crippen MR) is 103 cm³/mol. The molecule has 0 saturated carbocycles. The molecule has 0 radical (unpaired) electrons. The van der Waals surface area contributed by atoms with Crippen LogP contribution in [0.5, 0.6) is 0 Å². The van der Waals surface area contributed by atoms with Gasteiger partial charge < -0.3 is 4.52 Å². The summed E-state index contributed by atoms with van der Waals surface area (Å²) in [6, 6.07) is 11.2. The van der Waals surface area contributed by atoms with Gasteiger partial charge in [0.05, 0.1) is 21.5 Å². The second-order valence-corrected chi connectivity index (χ2v) is 7.29. The van der Waals surface area contributed by atoms with Crippen molar-refractivity contribution in [3.05, 3.63) is 70.6 Å². The van der Waals surface area contributed by atoms with E-state index in [1.807, 2.05) is 35.7 Å². The van der Waals surface area contributed by atoms with Gasteiger partial charge in [-0.05, 0) is 23.6 Å². The van der Waals surface area contributed by atoms with Gasteiger partial charge in [0.2, 0.25) is 0 Å². The summed E-state index contributed by atoms with van der Waals surface area (Å²) >= 11 is 2.95. The average molecular weight is 382 g/mol. The number of benzene rings is 1. The van der Waals surface area contributed by atoms with Gasteiger partial charge in [0.15, 0.2) is 11.0 Å². The Kier molecular flexibility index (Phi) is 4.68. The highest BCUT2D eigenvalue weighted by atomic mass is 32.2. The van der Waals surface area contributed by atoms with Crippen LogP contribution in [0.15, 0.2) is 68.9 Å². The first-order valence-electron chi connectivity index (χ1n) is 7.86. The minimum absolute atomic E-state index is 0.0783. The predicted octanol–water partition coefficient (Wildman–Crippen LogP) is 3.99. The van der Waals surface area contributed by atoms with Gasteiger partial charge in [-0.2, -0.15) is 4.98 Å². The molecule has 0 aliphatic carbocycles. The van der Waals surface area contributed by atoms with Crippen LogP contribution in [0.4, 0.5) is 0 Å². The summed E-state index contributed by atoms with van der Waals surface area (Å²) in [6.07, 6.45) is 1.69. The van der Waals surface area contributed by atoms with Crippen LogP contribution < -0.4 is 5.56 Å². The molecule has 3 aromatic heterocycles. The van der Waals surface area contributed by atoms with Gasteiger partial charge in [-0.15, -0.1) is 17.9 Å². The van der Waals surface area contributed by atoms with E-state index in [0.717, 1.165) is 4.88 Å². The van der Waals surface area contributed by atoms with Crippen molar-refractivity contribution in [1.82, 2.24) is 19.7 Å². The van der Waals surface area contributed by atoms with Crippen LogP contribution in [-0.4, -0.2) is 19.7 Å². The number of hydrogen-bond donors (Lipinski definition) is 0. The Balaban J connectivity index is 1.63. The summed E-state index contributed by atoms with van der Waals surface area (Å²) in [7, 11) is 0. The van der Waals surface area contributed by atoms with Crippen molar-refractivity contribution in [2.24, 2.45) is 0 Å². The normalized spacial score (nSPS) is 11.1. The Morgan fingerprint density at radius 2 is 2.12 bits per heavy atom. The number of thiophene rings is 1. The number of nitrogens with zero attached hydrogens (tertiary/aromatic N) is 4. The second-order valence-electron chi connectivity index (χ2n) is 5.40. The first kappa shape index (κ1) is 16.7. The van der Waals surface area contributed by atoms with E-state index in [-0.39, 0.29) is 5.56 Å². The lowest BCUT2D eigenvalue weighted by molar-refractivity contribution is 0.426. The molecular weight excluding hydrogens is 368 g/mol. The summed E-state index contributed by atoms with van der Waals surface area (Å²) in [5.41, 5.74) is 0.595. The number of fused-ring (bicyclic) bond motifs is 1. The van der Waals surface area contributed by atoms with Crippen molar-refractivity contribution in [2.45, 2.75) is 17.5 Å². The lowest BCUT2D eigenvalue weighted by Crippen LogP contribution is -2.22. The number of allylic oxidation sites excluding steroid dienone is 1. The fourth-order valence-corrected chi connectivity index (χ4v) is 3.99. The molecule has 0 spiro atoms. The van der Waals surface area contributed by atoms with E-state index in [2.05, 4.69) is 21.7 Å². The van der Waals surface area contributed by atoms with E-state index in [1.165, 1.54) is 11.8 Å². The molecule has 0 aliphatic heterocycles. The van der Waals surface area contributed by atoms with E-state index < -0.39 is 0 Å². The highest BCUT2D eigenvalue weighted by Crippen LogP contribution is 2.25. The van der Waals surface area contributed by atoms with Gasteiger partial charge in [-0.3, -0.25) is 9.36 Å². The van der Waals surface area contributed by atoms with Gasteiger partial charge in [-0.25, -0.2) is 4.98 Å². The first-order valence-corrected chi connectivity index (χ1v) is 9.72. The van der Waals surface area contributed by atoms with Gasteiger partial charge in [0.1, 0.15) is 0 Å². The van der Waals surface area contributed by atoms with Crippen LogP contribution in [0.1, 0.15) is 5.82 Å². The van der Waals surface area contributed by atoms with Crippen molar-refractivity contribution in [3.8, 4) is 10.8 Å². The van der Waals surface area contributed by atoms with Crippen molar-refractivity contribution in [1.29, 1.82) is 0 Å². The van der Waals surface area contributed by atoms with Crippen molar-refractivity contribution in [2.75, 3.05) is 0 Å². The Labute approximate surface area is 157 Å². The molecule has 4 rings (SSSR count). The third-order valence-electron chi connectivity index (χ3n) is 3.67. The van der Waals surface area contributed by atoms with Crippen LogP contribution in [0.25, 0.3) is 21.7 Å². The number of aromatic nitrogens is 4. The molecule has 130 valence electrons. The number of hydrogen-bond acceptors (Lipinski definition) is 7. The van der Waals surface area contributed by atoms with Crippen LogP contribution in [0.2, 0.25) is 0 Å². The lowest BCUT2D eigenvalue weighted by Gasteiger charge is -2.10. The fraction of sp³-hybridized carbons (Fsp3) is 0.111. The smallest absolute Gasteiger partial charge is 0.268 e. The summed E-state index contributed by atoms with van der Waals surface area (Å²) < 4.78 is 6.91. The molecule has 0 bridgehead atoms. The average Bonchev–Trinajstić information content (AvgIpc) is 3.34. The maximum Gasteiger partial charge on any atom is 0.268 e. The van der Waals surface area contributed by atoms with Crippen LogP contribution in [-0.2, 0) is 12.3 Å². The topological polar surface area (TPSA) is 73.8 Å². The SMILES string of the molecule is C=CCn1c(SCc2noc(-c3cccs3)n2)nc2ccccc2c1=O. The Morgan fingerprint density at radius 3 is 2.92 bits per heavy atom. The van der Waals surface area contributed by atoms with Gasteiger partial charge >= 0.3 is 0 Å². The number of para-hydroxylation sites is 1. The molecule has 6 nitrogen and oxygen atoms in total. The summed E-state index contributed by atoms with van der Waals surface area (Å²) in [6.45, 7) is 4.13. The van der Waals surface area contributed by atoms with Crippen LogP contribution in [0, 0.1) is 0 Å².